The van der Waals surface area contributed by atoms with E-state index in [0.717, 1.165) is 46.9 Å². The Hall–Kier alpha value is -3.15. The van der Waals surface area contributed by atoms with Crippen LogP contribution in [0.4, 0.5) is 0 Å². The standard InChI is InChI=1S/C23H26N4O2/c1-2-3-4-5-6-12-27-15-18(19-11-10-17(23(28)29)14-21(19)27)13-16-8-7-9-20-22(16)25-26-24-20/h7-11,14-15H,2-6,12-13H2,1H3,(H,28,29)(H,24,25,26). The van der Waals surface area contributed by atoms with Crippen molar-refractivity contribution in [3.8, 4) is 0 Å². The number of aromatic carboxylic acids is 1. The summed E-state index contributed by atoms with van der Waals surface area (Å²) in [4.78, 5) is 11.5. The summed E-state index contributed by atoms with van der Waals surface area (Å²) < 4.78 is 2.21. The summed E-state index contributed by atoms with van der Waals surface area (Å²) in [6.07, 6.45) is 8.94. The summed E-state index contributed by atoms with van der Waals surface area (Å²) in [6.45, 7) is 3.12. The number of aromatic nitrogens is 4. The van der Waals surface area contributed by atoms with Crippen molar-refractivity contribution in [3.05, 3.63) is 59.3 Å². The lowest BCUT2D eigenvalue weighted by molar-refractivity contribution is 0.0697. The molecule has 0 atom stereocenters. The molecule has 0 aliphatic carbocycles. The van der Waals surface area contributed by atoms with E-state index in [1.807, 2.05) is 18.2 Å². The second-order valence-corrected chi connectivity index (χ2v) is 7.58. The predicted octanol–water partition coefficient (Wildman–Crippen LogP) is 5.17. The fourth-order valence-electron chi connectivity index (χ4n) is 3.99. The molecule has 6 heteroatoms. The minimum atomic E-state index is -0.892. The van der Waals surface area contributed by atoms with E-state index in [-0.39, 0.29) is 0 Å². The SMILES string of the molecule is CCCCCCCn1cc(Cc2cccc3n[nH]nc23)c2ccc(C(=O)O)cc21. The van der Waals surface area contributed by atoms with Crippen LogP contribution in [0.1, 0.15) is 60.5 Å². The normalized spacial score (nSPS) is 11.5. The van der Waals surface area contributed by atoms with Gasteiger partial charge >= 0.3 is 5.97 Å². The Morgan fingerprint density at radius 2 is 1.93 bits per heavy atom. The number of rotatable bonds is 9. The Balaban J connectivity index is 1.67. The van der Waals surface area contributed by atoms with Crippen LogP contribution in [0.25, 0.3) is 21.9 Å². The molecule has 0 fully saturated rings. The number of fused-ring (bicyclic) bond motifs is 2. The number of carboxylic acid groups (broad SMARTS) is 1. The summed E-state index contributed by atoms with van der Waals surface area (Å²) >= 11 is 0. The van der Waals surface area contributed by atoms with Crippen LogP contribution in [0, 0.1) is 0 Å². The summed E-state index contributed by atoms with van der Waals surface area (Å²) in [5.41, 5.74) is 5.35. The van der Waals surface area contributed by atoms with Crippen molar-refractivity contribution in [2.45, 2.75) is 52.0 Å². The number of hydrogen-bond acceptors (Lipinski definition) is 3. The van der Waals surface area contributed by atoms with Gasteiger partial charge in [0.2, 0.25) is 0 Å². The van der Waals surface area contributed by atoms with Crippen LogP contribution >= 0.6 is 0 Å². The third-order valence-electron chi connectivity index (χ3n) is 5.53. The zero-order chi connectivity index (χ0) is 20.2. The Bertz CT molecular complexity index is 1140. The topological polar surface area (TPSA) is 83.8 Å². The number of carbonyl (C=O) groups is 1. The molecule has 0 saturated heterocycles. The van der Waals surface area contributed by atoms with E-state index in [9.17, 15) is 9.90 Å². The molecule has 0 aliphatic heterocycles. The Morgan fingerprint density at radius 3 is 2.76 bits per heavy atom. The van der Waals surface area contributed by atoms with E-state index >= 15 is 0 Å². The van der Waals surface area contributed by atoms with Crippen LogP contribution in [-0.4, -0.2) is 31.1 Å². The lowest BCUT2D eigenvalue weighted by atomic mass is 10.0. The number of aromatic amines is 1. The van der Waals surface area contributed by atoms with Gasteiger partial charge in [-0.05, 0) is 35.7 Å². The minimum absolute atomic E-state index is 0.327. The number of nitrogens with one attached hydrogen (secondary N) is 1. The number of hydrogen-bond donors (Lipinski definition) is 2. The van der Waals surface area contributed by atoms with Crippen molar-refractivity contribution in [1.29, 1.82) is 0 Å². The summed E-state index contributed by atoms with van der Waals surface area (Å²) in [7, 11) is 0. The largest absolute Gasteiger partial charge is 0.478 e. The first-order valence-corrected chi connectivity index (χ1v) is 10.3. The van der Waals surface area contributed by atoms with Crippen molar-refractivity contribution in [2.75, 3.05) is 0 Å². The molecular formula is C23H26N4O2. The van der Waals surface area contributed by atoms with Crippen LogP contribution in [0.5, 0.6) is 0 Å². The molecule has 29 heavy (non-hydrogen) atoms. The Morgan fingerprint density at radius 1 is 1.07 bits per heavy atom. The molecule has 6 nitrogen and oxygen atoms in total. The van der Waals surface area contributed by atoms with Crippen molar-refractivity contribution >= 4 is 27.9 Å². The van der Waals surface area contributed by atoms with Gasteiger partial charge in [0.05, 0.1) is 5.56 Å². The lowest BCUT2D eigenvalue weighted by Gasteiger charge is -2.06. The highest BCUT2D eigenvalue weighted by atomic mass is 16.4. The molecule has 4 rings (SSSR count). The fraction of sp³-hybridized carbons (Fsp3) is 0.348. The minimum Gasteiger partial charge on any atom is -0.478 e. The second-order valence-electron chi connectivity index (χ2n) is 7.58. The molecule has 4 aromatic rings. The molecule has 2 aromatic carbocycles. The Labute approximate surface area is 169 Å². The molecule has 0 spiro atoms. The van der Waals surface area contributed by atoms with E-state index in [4.69, 9.17) is 0 Å². The van der Waals surface area contributed by atoms with Gasteiger partial charge in [-0.25, -0.2) is 4.79 Å². The van der Waals surface area contributed by atoms with Crippen molar-refractivity contribution in [3.63, 3.8) is 0 Å². The third kappa shape index (κ3) is 4.01. The first-order valence-electron chi connectivity index (χ1n) is 10.3. The van der Waals surface area contributed by atoms with E-state index in [1.54, 1.807) is 12.1 Å². The van der Waals surface area contributed by atoms with Crippen LogP contribution in [-0.2, 0) is 13.0 Å². The molecule has 0 aliphatic rings. The van der Waals surface area contributed by atoms with Crippen LogP contribution in [0.3, 0.4) is 0 Å². The third-order valence-corrected chi connectivity index (χ3v) is 5.53. The van der Waals surface area contributed by atoms with Gasteiger partial charge in [0.15, 0.2) is 0 Å². The summed E-state index contributed by atoms with van der Waals surface area (Å²) in [5, 5.41) is 21.7. The summed E-state index contributed by atoms with van der Waals surface area (Å²) in [6, 6.07) is 11.4. The first-order chi connectivity index (χ1) is 14.2. The van der Waals surface area contributed by atoms with Gasteiger partial charge in [0.25, 0.3) is 0 Å². The molecule has 0 saturated carbocycles. The molecule has 150 valence electrons. The maximum atomic E-state index is 11.5. The highest BCUT2D eigenvalue weighted by Crippen LogP contribution is 2.27. The van der Waals surface area contributed by atoms with Gasteiger partial charge in [-0.2, -0.15) is 15.4 Å². The molecule has 2 aromatic heterocycles. The molecular weight excluding hydrogens is 364 g/mol. The van der Waals surface area contributed by atoms with Crippen LogP contribution in [0.2, 0.25) is 0 Å². The highest BCUT2D eigenvalue weighted by Gasteiger charge is 2.14. The number of benzene rings is 2. The Kier molecular flexibility index (Phi) is 5.60. The van der Waals surface area contributed by atoms with E-state index in [0.29, 0.717) is 5.56 Å². The number of nitrogens with zero attached hydrogens (tertiary/aromatic N) is 3. The average Bonchev–Trinajstić information content (AvgIpc) is 3.33. The van der Waals surface area contributed by atoms with Crippen LogP contribution in [0.15, 0.2) is 42.6 Å². The zero-order valence-electron chi connectivity index (χ0n) is 16.7. The molecule has 0 unspecified atom stereocenters. The predicted molar refractivity (Wildman–Crippen MR) is 114 cm³/mol. The van der Waals surface area contributed by atoms with Gasteiger partial charge in [-0.15, -0.1) is 0 Å². The van der Waals surface area contributed by atoms with E-state index in [2.05, 4.69) is 39.2 Å². The fourth-order valence-corrected chi connectivity index (χ4v) is 3.99. The van der Waals surface area contributed by atoms with Gasteiger partial charge < -0.3 is 9.67 Å². The number of para-hydroxylation sites is 1. The number of H-pyrrole nitrogens is 1. The molecule has 0 bridgehead atoms. The van der Waals surface area contributed by atoms with Crippen molar-refractivity contribution < 1.29 is 9.90 Å². The van der Waals surface area contributed by atoms with Gasteiger partial charge in [-0.3, -0.25) is 0 Å². The monoisotopic (exact) mass is 390 g/mol. The summed E-state index contributed by atoms with van der Waals surface area (Å²) in [5.74, 6) is -0.892. The van der Waals surface area contributed by atoms with Gasteiger partial charge in [0, 0.05) is 30.1 Å². The van der Waals surface area contributed by atoms with Crippen molar-refractivity contribution in [2.24, 2.45) is 0 Å². The average molecular weight is 390 g/mol. The zero-order valence-corrected chi connectivity index (χ0v) is 16.7. The molecule has 0 amide bonds. The lowest BCUT2D eigenvalue weighted by Crippen LogP contribution is -1.99. The highest BCUT2D eigenvalue weighted by molar-refractivity contribution is 5.95. The number of aryl methyl sites for hydroxylation is 1. The molecule has 0 radical (unpaired) electrons. The second kappa shape index (κ2) is 8.47. The van der Waals surface area contributed by atoms with Gasteiger partial charge in [0.1, 0.15) is 11.0 Å². The van der Waals surface area contributed by atoms with Gasteiger partial charge in [-0.1, -0.05) is 50.8 Å². The first kappa shape index (κ1) is 19.2. The quantitative estimate of drug-likeness (QED) is 0.386. The smallest absolute Gasteiger partial charge is 0.335 e. The van der Waals surface area contributed by atoms with E-state index in [1.165, 1.54) is 31.2 Å². The molecule has 2 heterocycles. The van der Waals surface area contributed by atoms with Crippen LogP contribution < -0.4 is 0 Å². The van der Waals surface area contributed by atoms with E-state index < -0.39 is 5.97 Å². The van der Waals surface area contributed by atoms with Crippen molar-refractivity contribution in [1.82, 2.24) is 20.0 Å². The number of carboxylic acids is 1. The maximum absolute atomic E-state index is 11.5. The molecule has 2 N–H and O–H groups in total. The maximum Gasteiger partial charge on any atom is 0.335 e. The number of unbranched alkanes of at least 4 members (excludes halogenated alkanes) is 4.